The third-order valence-corrected chi connectivity index (χ3v) is 5.25. The van der Waals surface area contributed by atoms with Crippen LogP contribution in [0.2, 0.25) is 0 Å². The quantitative estimate of drug-likeness (QED) is 0.911. The fourth-order valence-electron chi connectivity index (χ4n) is 2.91. The van der Waals surface area contributed by atoms with Crippen molar-refractivity contribution in [3.8, 4) is 11.1 Å². The fraction of sp³-hybridized carbons (Fsp3) is 0.389. The standard InChI is InChI=1S/C18H22N2OS/c1-12-3-5-14(6-4-12)15-8-10-22-17(15)18(21)20-16-7-9-19-11-13(16)2/h3-6,8,10,13,16,19H,7,9,11H2,1-2H3,(H,20,21). The van der Waals surface area contributed by atoms with Gasteiger partial charge < -0.3 is 10.6 Å². The Morgan fingerprint density at radius 1 is 1.27 bits per heavy atom. The smallest absolute Gasteiger partial charge is 0.262 e. The van der Waals surface area contributed by atoms with Crippen molar-refractivity contribution >= 4 is 17.2 Å². The van der Waals surface area contributed by atoms with E-state index in [1.165, 1.54) is 16.9 Å². The number of amides is 1. The summed E-state index contributed by atoms with van der Waals surface area (Å²) in [6.07, 6.45) is 0.998. The molecule has 1 aromatic heterocycles. The third kappa shape index (κ3) is 3.23. The summed E-state index contributed by atoms with van der Waals surface area (Å²) in [5, 5.41) is 8.59. The molecule has 1 aromatic carbocycles. The molecule has 1 aliphatic heterocycles. The molecule has 1 saturated heterocycles. The van der Waals surface area contributed by atoms with Crippen molar-refractivity contribution in [2.75, 3.05) is 13.1 Å². The lowest BCUT2D eigenvalue weighted by molar-refractivity contribution is 0.0919. The van der Waals surface area contributed by atoms with Gasteiger partial charge in [0.15, 0.2) is 0 Å². The number of thiophene rings is 1. The van der Waals surface area contributed by atoms with Gasteiger partial charge in [-0.15, -0.1) is 11.3 Å². The molecular weight excluding hydrogens is 292 g/mol. The monoisotopic (exact) mass is 314 g/mol. The SMILES string of the molecule is Cc1ccc(-c2ccsc2C(=O)NC2CCNCC2C)cc1. The Morgan fingerprint density at radius 2 is 2.05 bits per heavy atom. The van der Waals surface area contributed by atoms with Crippen molar-refractivity contribution in [3.05, 3.63) is 46.2 Å². The molecular formula is C18H22N2OS. The molecule has 1 aliphatic rings. The highest BCUT2D eigenvalue weighted by molar-refractivity contribution is 7.12. The summed E-state index contributed by atoms with van der Waals surface area (Å²) < 4.78 is 0. The maximum Gasteiger partial charge on any atom is 0.262 e. The van der Waals surface area contributed by atoms with E-state index in [0.717, 1.165) is 35.5 Å². The zero-order valence-corrected chi connectivity index (χ0v) is 13.9. The normalized spacial score (nSPS) is 21.5. The number of hydrogen-bond acceptors (Lipinski definition) is 3. The number of piperidine rings is 1. The zero-order valence-electron chi connectivity index (χ0n) is 13.1. The van der Waals surface area contributed by atoms with Crippen molar-refractivity contribution in [1.29, 1.82) is 0 Å². The van der Waals surface area contributed by atoms with Crippen LogP contribution in [0.5, 0.6) is 0 Å². The number of carbonyl (C=O) groups is 1. The first-order valence-electron chi connectivity index (χ1n) is 7.81. The summed E-state index contributed by atoms with van der Waals surface area (Å²) in [6, 6.07) is 10.6. The number of carbonyl (C=O) groups excluding carboxylic acids is 1. The Hall–Kier alpha value is -1.65. The van der Waals surface area contributed by atoms with E-state index in [9.17, 15) is 4.79 Å². The summed E-state index contributed by atoms with van der Waals surface area (Å²) in [5.41, 5.74) is 3.37. The minimum absolute atomic E-state index is 0.0596. The van der Waals surface area contributed by atoms with Gasteiger partial charge >= 0.3 is 0 Å². The fourth-order valence-corrected chi connectivity index (χ4v) is 3.73. The lowest BCUT2D eigenvalue weighted by Crippen LogP contribution is -2.48. The summed E-state index contributed by atoms with van der Waals surface area (Å²) in [7, 11) is 0. The summed E-state index contributed by atoms with van der Waals surface area (Å²) in [5.74, 6) is 0.532. The van der Waals surface area contributed by atoms with E-state index in [0.29, 0.717) is 5.92 Å². The molecule has 2 aromatic rings. The van der Waals surface area contributed by atoms with Gasteiger partial charge in [-0.25, -0.2) is 0 Å². The Balaban J connectivity index is 1.79. The minimum Gasteiger partial charge on any atom is -0.348 e. The van der Waals surface area contributed by atoms with Gasteiger partial charge in [0.05, 0.1) is 4.88 Å². The lowest BCUT2D eigenvalue weighted by Gasteiger charge is -2.30. The molecule has 0 bridgehead atoms. The molecule has 2 unspecified atom stereocenters. The molecule has 3 nitrogen and oxygen atoms in total. The highest BCUT2D eigenvalue weighted by atomic mass is 32.1. The number of rotatable bonds is 3. The highest BCUT2D eigenvalue weighted by Crippen LogP contribution is 2.29. The topological polar surface area (TPSA) is 41.1 Å². The van der Waals surface area contributed by atoms with Crippen molar-refractivity contribution in [2.24, 2.45) is 5.92 Å². The van der Waals surface area contributed by atoms with E-state index in [-0.39, 0.29) is 11.9 Å². The van der Waals surface area contributed by atoms with E-state index < -0.39 is 0 Å². The van der Waals surface area contributed by atoms with Crippen LogP contribution in [0.25, 0.3) is 11.1 Å². The van der Waals surface area contributed by atoms with Crippen molar-refractivity contribution in [2.45, 2.75) is 26.3 Å². The molecule has 0 saturated carbocycles. The Kier molecular flexibility index (Phi) is 4.60. The van der Waals surface area contributed by atoms with E-state index >= 15 is 0 Å². The maximum atomic E-state index is 12.7. The van der Waals surface area contributed by atoms with Crippen LogP contribution in [-0.4, -0.2) is 25.0 Å². The average Bonchev–Trinajstić information content (AvgIpc) is 3.00. The molecule has 4 heteroatoms. The van der Waals surface area contributed by atoms with Crippen molar-refractivity contribution in [3.63, 3.8) is 0 Å². The molecule has 3 rings (SSSR count). The lowest BCUT2D eigenvalue weighted by atomic mass is 9.95. The van der Waals surface area contributed by atoms with E-state index in [4.69, 9.17) is 0 Å². The molecule has 0 radical (unpaired) electrons. The Morgan fingerprint density at radius 3 is 2.77 bits per heavy atom. The summed E-state index contributed by atoms with van der Waals surface area (Å²) in [6.45, 7) is 6.21. The van der Waals surface area contributed by atoms with Crippen LogP contribution in [0, 0.1) is 12.8 Å². The predicted molar refractivity (Wildman–Crippen MR) is 92.4 cm³/mol. The van der Waals surface area contributed by atoms with Crippen LogP contribution in [0.3, 0.4) is 0 Å². The van der Waals surface area contributed by atoms with E-state index in [1.807, 2.05) is 11.4 Å². The molecule has 1 amide bonds. The van der Waals surface area contributed by atoms with Crippen LogP contribution in [0.1, 0.15) is 28.6 Å². The predicted octanol–water partition coefficient (Wildman–Crippen LogP) is 3.45. The van der Waals surface area contributed by atoms with Crippen LogP contribution in [-0.2, 0) is 0 Å². The number of benzene rings is 1. The van der Waals surface area contributed by atoms with Gasteiger partial charge in [-0.05, 0) is 49.4 Å². The maximum absolute atomic E-state index is 12.7. The second-order valence-electron chi connectivity index (χ2n) is 6.08. The molecule has 2 N–H and O–H groups in total. The minimum atomic E-state index is 0.0596. The van der Waals surface area contributed by atoms with Gasteiger partial charge in [0.2, 0.25) is 0 Å². The Bertz CT molecular complexity index is 647. The largest absolute Gasteiger partial charge is 0.348 e. The first-order valence-corrected chi connectivity index (χ1v) is 8.69. The van der Waals surface area contributed by atoms with E-state index in [2.05, 4.69) is 48.7 Å². The second kappa shape index (κ2) is 6.63. The van der Waals surface area contributed by atoms with Gasteiger partial charge in [0.25, 0.3) is 5.91 Å². The third-order valence-electron chi connectivity index (χ3n) is 4.34. The molecule has 2 atom stereocenters. The first-order chi connectivity index (χ1) is 10.6. The van der Waals surface area contributed by atoms with Crippen LogP contribution in [0.15, 0.2) is 35.7 Å². The van der Waals surface area contributed by atoms with Gasteiger partial charge in [-0.1, -0.05) is 36.8 Å². The van der Waals surface area contributed by atoms with Gasteiger partial charge in [0.1, 0.15) is 0 Å². The highest BCUT2D eigenvalue weighted by Gasteiger charge is 2.24. The summed E-state index contributed by atoms with van der Waals surface area (Å²) in [4.78, 5) is 13.5. The zero-order chi connectivity index (χ0) is 15.5. The van der Waals surface area contributed by atoms with Crippen LogP contribution in [0.4, 0.5) is 0 Å². The molecule has 0 aliphatic carbocycles. The second-order valence-corrected chi connectivity index (χ2v) is 7.00. The average molecular weight is 314 g/mol. The molecule has 2 heterocycles. The van der Waals surface area contributed by atoms with Crippen molar-refractivity contribution < 1.29 is 4.79 Å². The molecule has 0 spiro atoms. The molecule has 1 fully saturated rings. The number of aryl methyl sites for hydroxylation is 1. The van der Waals surface area contributed by atoms with E-state index in [1.54, 1.807) is 0 Å². The molecule has 22 heavy (non-hydrogen) atoms. The van der Waals surface area contributed by atoms with Gasteiger partial charge in [-0.3, -0.25) is 4.79 Å². The van der Waals surface area contributed by atoms with Gasteiger partial charge in [-0.2, -0.15) is 0 Å². The molecule has 116 valence electrons. The van der Waals surface area contributed by atoms with Crippen LogP contribution < -0.4 is 10.6 Å². The Labute approximate surface area is 135 Å². The van der Waals surface area contributed by atoms with Gasteiger partial charge in [0, 0.05) is 11.6 Å². The summed E-state index contributed by atoms with van der Waals surface area (Å²) >= 11 is 1.52. The number of hydrogen-bond donors (Lipinski definition) is 2. The van der Waals surface area contributed by atoms with Crippen LogP contribution >= 0.6 is 11.3 Å². The first kappa shape index (κ1) is 15.3. The van der Waals surface area contributed by atoms with Crippen molar-refractivity contribution in [1.82, 2.24) is 10.6 Å². The number of nitrogens with one attached hydrogen (secondary N) is 2.